The monoisotopic (exact) mass is 373 g/mol. The van der Waals surface area contributed by atoms with Crippen molar-refractivity contribution in [2.24, 2.45) is 0 Å². The number of rotatable bonds is 4. The number of para-hydroxylation sites is 2. The molecule has 0 radical (unpaired) electrons. The van der Waals surface area contributed by atoms with Gasteiger partial charge in [0.2, 0.25) is 10.0 Å². The summed E-state index contributed by atoms with van der Waals surface area (Å²) in [7, 11) is -3.40. The topological polar surface area (TPSA) is 66.1 Å². The van der Waals surface area contributed by atoms with E-state index >= 15 is 0 Å². The first-order valence-corrected chi connectivity index (χ1v) is 10.3. The number of hydrogen-bond donors (Lipinski definition) is 1. The van der Waals surface area contributed by atoms with Crippen LogP contribution in [-0.4, -0.2) is 35.8 Å². The fraction of sp³-hybridized carbons (Fsp3) is 0.316. The molecule has 2 heterocycles. The van der Waals surface area contributed by atoms with Crippen LogP contribution in [0.3, 0.4) is 0 Å². The van der Waals surface area contributed by atoms with Crippen molar-refractivity contribution in [2.75, 3.05) is 13.1 Å². The van der Waals surface area contributed by atoms with Crippen molar-refractivity contribution in [1.29, 1.82) is 0 Å². The van der Waals surface area contributed by atoms with E-state index in [9.17, 15) is 12.8 Å². The standard InChI is InChI=1S/C19H20FN3O2S/c20-16-7-5-14(6-8-16)13-26(24,25)23-11-9-15(10-12-23)19-21-17-3-1-2-4-18(17)22-19/h1-8,15H,9-13H2,(H,21,22). The van der Waals surface area contributed by atoms with E-state index < -0.39 is 10.0 Å². The van der Waals surface area contributed by atoms with Crippen LogP contribution < -0.4 is 0 Å². The van der Waals surface area contributed by atoms with E-state index in [1.807, 2.05) is 24.3 Å². The van der Waals surface area contributed by atoms with Crippen molar-refractivity contribution in [1.82, 2.24) is 14.3 Å². The number of piperidine rings is 1. The molecule has 1 aliphatic heterocycles. The van der Waals surface area contributed by atoms with E-state index in [2.05, 4.69) is 9.97 Å². The van der Waals surface area contributed by atoms with Crippen LogP contribution in [-0.2, 0) is 15.8 Å². The Morgan fingerprint density at radius 2 is 1.77 bits per heavy atom. The molecule has 0 saturated carbocycles. The molecule has 1 aliphatic rings. The molecule has 0 unspecified atom stereocenters. The van der Waals surface area contributed by atoms with Gasteiger partial charge in [-0.1, -0.05) is 24.3 Å². The van der Waals surface area contributed by atoms with Crippen molar-refractivity contribution in [3.8, 4) is 0 Å². The third kappa shape index (κ3) is 3.50. The largest absolute Gasteiger partial charge is 0.342 e. The highest BCUT2D eigenvalue weighted by Crippen LogP contribution is 2.29. The summed E-state index contributed by atoms with van der Waals surface area (Å²) in [4.78, 5) is 7.99. The molecule has 1 saturated heterocycles. The van der Waals surface area contributed by atoms with Crippen LogP contribution in [0.2, 0.25) is 0 Å². The van der Waals surface area contributed by atoms with Gasteiger partial charge in [-0.25, -0.2) is 22.1 Å². The molecule has 1 aromatic heterocycles. The first-order chi connectivity index (χ1) is 12.5. The van der Waals surface area contributed by atoms with Gasteiger partial charge in [0.15, 0.2) is 0 Å². The lowest BCUT2D eigenvalue weighted by Crippen LogP contribution is -2.38. The lowest BCUT2D eigenvalue weighted by molar-refractivity contribution is 0.314. The van der Waals surface area contributed by atoms with E-state index in [0.29, 0.717) is 18.7 Å². The van der Waals surface area contributed by atoms with E-state index in [-0.39, 0.29) is 17.5 Å². The van der Waals surface area contributed by atoms with Gasteiger partial charge < -0.3 is 4.98 Å². The minimum atomic E-state index is -3.40. The molecular formula is C19H20FN3O2S. The minimum absolute atomic E-state index is 0.0947. The molecule has 7 heteroatoms. The van der Waals surface area contributed by atoms with Gasteiger partial charge in [0, 0.05) is 19.0 Å². The first kappa shape index (κ1) is 17.2. The number of benzene rings is 2. The zero-order chi connectivity index (χ0) is 18.1. The van der Waals surface area contributed by atoms with Crippen molar-refractivity contribution in [3.05, 3.63) is 65.7 Å². The zero-order valence-corrected chi connectivity index (χ0v) is 15.0. The summed E-state index contributed by atoms with van der Waals surface area (Å²) in [6, 6.07) is 13.5. The van der Waals surface area contributed by atoms with Gasteiger partial charge in [0.25, 0.3) is 0 Å². The highest BCUT2D eigenvalue weighted by Gasteiger charge is 2.30. The van der Waals surface area contributed by atoms with Crippen LogP contribution in [0.25, 0.3) is 11.0 Å². The summed E-state index contributed by atoms with van der Waals surface area (Å²) in [5.74, 6) is 0.710. The molecule has 3 aromatic rings. The maximum Gasteiger partial charge on any atom is 0.218 e. The third-order valence-corrected chi connectivity index (χ3v) is 6.75. The minimum Gasteiger partial charge on any atom is -0.342 e. The van der Waals surface area contributed by atoms with Crippen molar-refractivity contribution in [3.63, 3.8) is 0 Å². The highest BCUT2D eigenvalue weighted by atomic mass is 32.2. The van der Waals surface area contributed by atoms with Crippen LogP contribution in [0.15, 0.2) is 48.5 Å². The van der Waals surface area contributed by atoms with Crippen molar-refractivity contribution in [2.45, 2.75) is 24.5 Å². The molecule has 1 fully saturated rings. The molecule has 5 nitrogen and oxygen atoms in total. The Hall–Kier alpha value is -2.25. The number of sulfonamides is 1. The summed E-state index contributed by atoms with van der Waals surface area (Å²) in [5.41, 5.74) is 2.55. The molecule has 2 aromatic carbocycles. The van der Waals surface area contributed by atoms with Gasteiger partial charge >= 0.3 is 0 Å². The van der Waals surface area contributed by atoms with Gasteiger partial charge in [0.1, 0.15) is 11.6 Å². The Morgan fingerprint density at radius 1 is 1.08 bits per heavy atom. The van der Waals surface area contributed by atoms with Gasteiger partial charge in [-0.3, -0.25) is 0 Å². The van der Waals surface area contributed by atoms with E-state index in [0.717, 1.165) is 29.7 Å². The van der Waals surface area contributed by atoms with Crippen LogP contribution in [0.1, 0.15) is 30.1 Å². The molecule has 26 heavy (non-hydrogen) atoms. The van der Waals surface area contributed by atoms with Gasteiger partial charge in [0.05, 0.1) is 16.8 Å². The Kier molecular flexibility index (Phi) is 4.50. The molecule has 4 rings (SSSR count). The lowest BCUT2D eigenvalue weighted by Gasteiger charge is -2.30. The number of halogens is 1. The molecule has 0 amide bonds. The van der Waals surface area contributed by atoms with E-state index in [1.165, 1.54) is 28.6 Å². The molecular weight excluding hydrogens is 353 g/mol. The molecule has 0 spiro atoms. The quantitative estimate of drug-likeness (QED) is 0.762. The maximum absolute atomic E-state index is 13.0. The molecule has 0 aliphatic carbocycles. The molecule has 0 bridgehead atoms. The summed E-state index contributed by atoms with van der Waals surface area (Å²) < 4.78 is 39.8. The summed E-state index contributed by atoms with van der Waals surface area (Å²) in [6.45, 7) is 0.955. The molecule has 1 N–H and O–H groups in total. The number of imidazole rings is 1. The number of hydrogen-bond acceptors (Lipinski definition) is 3. The first-order valence-electron chi connectivity index (χ1n) is 8.68. The predicted octanol–water partition coefficient (Wildman–Crippen LogP) is 3.41. The van der Waals surface area contributed by atoms with Gasteiger partial charge in [-0.05, 0) is 42.7 Å². The normalized spacial score (nSPS) is 17.0. The Morgan fingerprint density at radius 3 is 2.46 bits per heavy atom. The number of fused-ring (bicyclic) bond motifs is 1. The fourth-order valence-corrected chi connectivity index (χ4v) is 5.02. The number of nitrogens with zero attached hydrogens (tertiary/aromatic N) is 2. The SMILES string of the molecule is O=S(=O)(Cc1ccc(F)cc1)N1CCC(c2nc3ccccc3[nH]2)CC1. The Balaban J connectivity index is 1.43. The summed E-state index contributed by atoms with van der Waals surface area (Å²) >= 11 is 0. The second kappa shape index (κ2) is 6.81. The number of aromatic nitrogens is 2. The van der Waals surface area contributed by atoms with Crippen molar-refractivity contribution < 1.29 is 12.8 Å². The van der Waals surface area contributed by atoms with Crippen LogP contribution >= 0.6 is 0 Å². The van der Waals surface area contributed by atoms with E-state index in [4.69, 9.17) is 0 Å². The van der Waals surface area contributed by atoms with Gasteiger partial charge in [-0.15, -0.1) is 0 Å². The predicted molar refractivity (Wildman–Crippen MR) is 98.7 cm³/mol. The molecule has 136 valence electrons. The van der Waals surface area contributed by atoms with Crippen molar-refractivity contribution >= 4 is 21.1 Å². The third-order valence-electron chi connectivity index (χ3n) is 4.90. The van der Waals surface area contributed by atoms with Crippen LogP contribution in [0.4, 0.5) is 4.39 Å². The second-order valence-electron chi connectivity index (χ2n) is 6.70. The number of H-pyrrole nitrogens is 1. The Labute approximate surface area is 151 Å². The van der Waals surface area contributed by atoms with Gasteiger partial charge in [-0.2, -0.15) is 0 Å². The maximum atomic E-state index is 13.0. The zero-order valence-electron chi connectivity index (χ0n) is 14.2. The average Bonchev–Trinajstić information content (AvgIpc) is 3.08. The lowest BCUT2D eigenvalue weighted by atomic mass is 9.97. The van der Waals surface area contributed by atoms with Crippen LogP contribution in [0, 0.1) is 5.82 Å². The Bertz CT molecular complexity index is 974. The fourth-order valence-electron chi connectivity index (χ4n) is 3.46. The number of aromatic amines is 1. The number of nitrogens with one attached hydrogen (secondary N) is 1. The van der Waals surface area contributed by atoms with E-state index in [1.54, 1.807) is 0 Å². The average molecular weight is 373 g/mol. The second-order valence-corrected chi connectivity index (χ2v) is 8.66. The summed E-state index contributed by atoms with van der Waals surface area (Å²) in [5, 5.41) is 0. The summed E-state index contributed by atoms with van der Waals surface area (Å²) in [6.07, 6.45) is 1.48. The smallest absolute Gasteiger partial charge is 0.218 e. The van der Waals surface area contributed by atoms with Crippen LogP contribution in [0.5, 0.6) is 0 Å². The molecule has 0 atom stereocenters. The highest BCUT2D eigenvalue weighted by molar-refractivity contribution is 7.88.